The predicted octanol–water partition coefficient (Wildman–Crippen LogP) is 12.8. The van der Waals surface area contributed by atoms with Crippen molar-refractivity contribution in [2.24, 2.45) is 20.0 Å². The Kier molecular flexibility index (Phi) is 57.7. The summed E-state index contributed by atoms with van der Waals surface area (Å²) in [5.41, 5.74) is 13.4. The smallest absolute Gasteiger partial charge is 0.410 e. The van der Waals surface area contributed by atoms with Crippen LogP contribution in [0.25, 0.3) is 66.9 Å². The number of likely N-dealkylation sites (N-methyl/N-ethyl adjacent to an activating group) is 1. The van der Waals surface area contributed by atoms with Crippen molar-refractivity contribution in [3.8, 4) is 68.3 Å². The van der Waals surface area contributed by atoms with Crippen molar-refractivity contribution >= 4 is 98.6 Å². The van der Waals surface area contributed by atoms with Gasteiger partial charge in [-0.25, -0.2) is 19.7 Å². The molecule has 12 aromatic rings. The third-order valence-electron chi connectivity index (χ3n) is 20.0. The number of methoxy groups -OCH3 is 6. The van der Waals surface area contributed by atoms with E-state index in [2.05, 4.69) is 57.8 Å². The van der Waals surface area contributed by atoms with Crippen LogP contribution >= 0.6 is 13.5 Å². The minimum Gasteiger partial charge on any atom is -0.497 e. The van der Waals surface area contributed by atoms with Crippen LogP contribution in [0.15, 0.2) is 165 Å². The Labute approximate surface area is 898 Å². The molecule has 1 atom stereocenters. The molecule has 128 heavy (non-hydrogen) atoms. The van der Waals surface area contributed by atoms with Crippen molar-refractivity contribution in [3.63, 3.8) is 0 Å². The molecule has 0 spiro atoms. The molecule has 6 aromatic heterocycles. The van der Waals surface area contributed by atoms with E-state index in [9.17, 15) is 14.4 Å². The number of carbonyl (C=O) groups excluding carboxylic acids is 3. The van der Waals surface area contributed by atoms with Gasteiger partial charge in [-0.15, -0.1) is 0 Å². The molecule has 44 heteroatoms. The Morgan fingerprint density at radius 2 is 0.797 bits per heavy atom. The van der Waals surface area contributed by atoms with E-state index in [1.54, 1.807) is 107 Å². The van der Waals surface area contributed by atoms with E-state index < -0.39 is 11.1 Å². The quantitative estimate of drug-likeness (QED) is 0.0601. The fourth-order valence-corrected chi connectivity index (χ4v) is 13.6. The van der Waals surface area contributed by atoms with Crippen molar-refractivity contribution < 1.29 is 282 Å². The van der Waals surface area contributed by atoms with Crippen LogP contribution in [0.3, 0.4) is 0 Å². The molecule has 8 heterocycles. The van der Waals surface area contributed by atoms with Gasteiger partial charge >= 0.3 is 6.09 Å². The first-order valence-electron chi connectivity index (χ1n) is 37.6. The van der Waals surface area contributed by atoms with Gasteiger partial charge in [0.15, 0.2) is 0 Å². The van der Waals surface area contributed by atoms with E-state index in [1.165, 1.54) is 12.8 Å². The van der Waals surface area contributed by atoms with Crippen LogP contribution in [0.1, 0.15) is 60.3 Å². The molecule has 3 fully saturated rings. The number of amides is 3. The monoisotopic (exact) mass is 2390 g/mol. The fraction of sp³-hybridized carbons (Fsp3) is 0.357. The Morgan fingerprint density at radius 1 is 0.438 bits per heavy atom. The molecular formula is C84H99Co14N19O10S. The minimum atomic E-state index is -0.811. The summed E-state index contributed by atoms with van der Waals surface area (Å²) in [5.74, 6) is 4.68. The molecule has 15 rings (SSSR count). The van der Waals surface area contributed by atoms with E-state index in [0.29, 0.717) is 66.3 Å². The second-order valence-electron chi connectivity index (χ2n) is 29.5. The molecule has 2 N–H and O–H groups in total. The summed E-state index contributed by atoms with van der Waals surface area (Å²) in [7, 11) is 15.1. The van der Waals surface area contributed by atoms with E-state index >= 15 is 0 Å². The van der Waals surface area contributed by atoms with E-state index in [-0.39, 0.29) is 279 Å². The number of piperazine rings is 1. The van der Waals surface area contributed by atoms with Gasteiger partial charge in [0, 0.05) is 426 Å². The molecule has 2 aliphatic heterocycles. The Bertz CT molecular complexity index is 5380. The molecule has 2 saturated heterocycles. The van der Waals surface area contributed by atoms with Crippen molar-refractivity contribution in [1.82, 2.24) is 79.7 Å². The van der Waals surface area contributed by atoms with Gasteiger partial charge in [0.1, 0.15) is 52.2 Å². The second kappa shape index (κ2) is 58.2. The van der Waals surface area contributed by atoms with Crippen LogP contribution in [0.2, 0.25) is 0 Å². The third-order valence-corrected chi connectivity index (χ3v) is 20.0. The number of fused-ring (bicyclic) bond motifs is 3. The molecule has 1 saturated carbocycles. The van der Waals surface area contributed by atoms with Crippen LogP contribution in [-0.2, 0) is 269 Å². The zero-order chi connectivity index (χ0) is 79.7. The zero-order valence-electron chi connectivity index (χ0n) is 71.6. The van der Waals surface area contributed by atoms with Gasteiger partial charge in [0.2, 0.25) is 11.8 Å². The molecule has 0 bridgehead atoms. The van der Waals surface area contributed by atoms with Gasteiger partial charge in [-0.1, -0.05) is 0 Å². The molecule has 3 amide bonds. The maximum Gasteiger partial charge on any atom is 0.410 e. The number of nitrogens with one attached hydrogen (secondary N) is 2. The summed E-state index contributed by atoms with van der Waals surface area (Å²) in [4.78, 5) is 77.4. The molecule has 6 aromatic carbocycles. The van der Waals surface area contributed by atoms with Crippen LogP contribution in [-0.4, -0.2) is 201 Å². The van der Waals surface area contributed by atoms with Crippen molar-refractivity contribution in [2.75, 3.05) is 117 Å². The number of anilines is 6. The van der Waals surface area contributed by atoms with Gasteiger partial charge in [-0.2, -0.15) is 28.8 Å². The van der Waals surface area contributed by atoms with E-state index in [4.69, 9.17) is 53.1 Å². The summed E-state index contributed by atoms with van der Waals surface area (Å²) in [5, 5.41) is 19.0. The third kappa shape index (κ3) is 32.3. The van der Waals surface area contributed by atoms with Gasteiger partial charge in [0.05, 0.1) is 136 Å². The minimum absolute atomic E-state index is 0. The number of likely N-dealkylation sites (tertiary alicyclic amines) is 1. The van der Waals surface area contributed by atoms with E-state index in [1.807, 2.05) is 173 Å². The Balaban J connectivity index is -0.00000174. The number of rotatable bonds is 23. The molecule has 3 aliphatic rings. The number of benzene rings is 6. The van der Waals surface area contributed by atoms with Crippen molar-refractivity contribution in [3.05, 3.63) is 165 Å². The first-order valence-corrected chi connectivity index (χ1v) is 37.6. The number of nitrogens with zero attached hydrogens (tertiary/aromatic N) is 17. The van der Waals surface area contributed by atoms with Crippen molar-refractivity contribution in [2.45, 2.75) is 77.5 Å². The average Bonchev–Trinajstić information content (AvgIpc) is 1.50. The normalized spacial score (nSPS) is 12.5. The standard InChI is InChI=1S/C31H37N7O3.C30H36N6O4.C23H24N6O3.14Co.H2S/c1-31(2,30(39)36-11-9-32-10-12-36)38-20-22(17-34-38)29-18-33-27-8-7-23(15-28(27)35-29)37(19-21-5-6-21)24-13-25(40-3)16-26(14-24)41-4;1-30(2,3)40-29(37)35-11-7-8-22(35)19-36(23-12-24(38-5)15-25(13-23)39-6)21-9-10-26-27(14-21)33-28(17-31-26)20-16-32-34(4)18-20;1-24-23(30)14-29(17-7-18(31-3)10-19(8-17)32-4)16-5-6-20-21(9-16)27-22(12-25-20)15-11-26-28(2)13-15;;;;;;;;;;;;;;;/h7-8,13-18,20-21,32H,5-6,9-12,19H2,1-4H3;9-10,12-18,22H,7-8,11,19H2,1-6H3;5-13H,14H2,1-4H3,(H,24,30);;;;;;;;;;;;;;;1H2/t;22-;;;;;;;;;;;;;;;;/m.0................/s1. The first-order chi connectivity index (χ1) is 54.5. The zero-order valence-corrected chi connectivity index (χ0v) is 87.2. The molecular weight excluding hydrogens is 2290 g/mol. The van der Waals surface area contributed by atoms with Crippen LogP contribution in [0.4, 0.5) is 38.9 Å². The summed E-state index contributed by atoms with van der Waals surface area (Å²) in [6, 6.07) is 35.1. The summed E-state index contributed by atoms with van der Waals surface area (Å²) in [6.07, 6.45) is 20.2. The molecule has 14 radical (unpaired) electrons. The average molecular weight is 2390 g/mol. The summed E-state index contributed by atoms with van der Waals surface area (Å²) in [6.45, 7) is 14.7. The van der Waals surface area contributed by atoms with Crippen LogP contribution in [0.5, 0.6) is 34.5 Å². The predicted molar refractivity (Wildman–Crippen MR) is 446 cm³/mol. The maximum absolute atomic E-state index is 13.3. The fourth-order valence-electron chi connectivity index (χ4n) is 13.6. The maximum atomic E-state index is 13.3. The number of hydrogen-bond donors (Lipinski definition) is 2. The van der Waals surface area contributed by atoms with Gasteiger partial charge in [-0.05, 0) is 121 Å². The Morgan fingerprint density at radius 3 is 1.15 bits per heavy atom. The largest absolute Gasteiger partial charge is 0.497 e. The van der Waals surface area contributed by atoms with Crippen molar-refractivity contribution in [1.29, 1.82) is 0 Å². The number of ether oxygens (including phenoxy) is 7. The Hall–Kier alpha value is -5.22. The molecule has 1 aliphatic carbocycles. The van der Waals surface area contributed by atoms with Gasteiger partial charge in [0.25, 0.3) is 0 Å². The van der Waals surface area contributed by atoms with Crippen LogP contribution in [0, 0.1) is 5.92 Å². The number of hydrogen-bond acceptors (Lipinski definition) is 23. The number of aromatic nitrogens is 12. The van der Waals surface area contributed by atoms with E-state index in [0.717, 1.165) is 134 Å². The summed E-state index contributed by atoms with van der Waals surface area (Å²) >= 11 is 0. The molecule has 722 valence electrons. The van der Waals surface area contributed by atoms with Gasteiger partial charge < -0.3 is 68.3 Å². The second-order valence-corrected chi connectivity index (χ2v) is 29.5. The SMILES string of the molecule is CNC(=O)CN(c1cc(OC)cc(OC)c1)c1ccc2ncc(-c3cnn(C)c3)nc2c1.COc1cc(OC)cc(N(CC2CC2)c2ccc3ncc(-c4cnn(C(C)(C)C(=O)N5CCNCC5)c4)nc3c2)c1.COc1cc(OC)cc(N(C[C@@H]2CCCN2C(=O)OC(C)(C)C)c2ccc3ncc(-c4cnn(C)c4)nc3c2)c1.S.[Co].[Co].[Co].[Co].[Co].[Co].[Co].[Co].[Co].[Co].[Co].[Co].[Co].[Co]. The summed E-state index contributed by atoms with van der Waals surface area (Å²) < 4.78 is 44.0. The first kappa shape index (κ1) is 127. The number of carbonyl (C=O) groups is 3. The molecule has 29 nitrogen and oxygen atoms in total. The van der Waals surface area contributed by atoms with Crippen LogP contribution < -0.4 is 53.8 Å². The number of aryl methyl sites for hydroxylation is 2. The molecule has 0 unspecified atom stereocenters. The van der Waals surface area contributed by atoms with Gasteiger partial charge in [-0.3, -0.25) is 38.6 Å². The topological polar surface area (TPSA) is 287 Å².